The second-order valence-corrected chi connectivity index (χ2v) is 7.68. The van der Waals surface area contributed by atoms with Gasteiger partial charge in [-0.2, -0.15) is 5.10 Å². The molecule has 0 atom stereocenters. The molecule has 30 heavy (non-hydrogen) atoms. The van der Waals surface area contributed by atoms with Crippen LogP contribution in [0.2, 0.25) is 0 Å². The Hall–Kier alpha value is -3.12. The molecule has 0 N–H and O–H groups in total. The summed E-state index contributed by atoms with van der Waals surface area (Å²) < 4.78 is 7.15. The van der Waals surface area contributed by atoms with E-state index in [4.69, 9.17) is 9.84 Å². The molecule has 3 aromatic rings. The zero-order valence-corrected chi connectivity index (χ0v) is 17.6. The molecular weight excluding hydrogens is 376 g/mol. The van der Waals surface area contributed by atoms with Gasteiger partial charge < -0.3 is 14.5 Å². The molecule has 2 aromatic carbocycles. The number of carbonyl (C=O) groups excluding carboxylic acids is 1. The highest BCUT2D eigenvalue weighted by Crippen LogP contribution is 2.27. The third-order valence-corrected chi connectivity index (χ3v) is 5.61. The van der Waals surface area contributed by atoms with Crippen LogP contribution in [0.5, 0.6) is 5.75 Å². The first-order chi connectivity index (χ1) is 14.7. The summed E-state index contributed by atoms with van der Waals surface area (Å²) in [5.74, 6) is 0.719. The molecule has 6 heteroatoms. The van der Waals surface area contributed by atoms with Crippen molar-refractivity contribution in [3.8, 4) is 22.7 Å². The lowest BCUT2D eigenvalue weighted by molar-refractivity contribution is 0.0783. The number of amides is 1. The maximum atomic E-state index is 13.4. The van der Waals surface area contributed by atoms with Crippen molar-refractivity contribution in [1.29, 1.82) is 0 Å². The lowest BCUT2D eigenvalue weighted by atomic mass is 10.1. The van der Waals surface area contributed by atoms with Gasteiger partial charge in [-0.1, -0.05) is 30.3 Å². The van der Waals surface area contributed by atoms with Gasteiger partial charge in [-0.05, 0) is 50.2 Å². The Morgan fingerprint density at radius 1 is 1.10 bits per heavy atom. The van der Waals surface area contributed by atoms with E-state index in [-0.39, 0.29) is 5.91 Å². The summed E-state index contributed by atoms with van der Waals surface area (Å²) in [6.07, 6.45) is 4.34. The van der Waals surface area contributed by atoms with Gasteiger partial charge in [0, 0.05) is 31.9 Å². The Labute approximate surface area is 177 Å². The Kier molecular flexibility index (Phi) is 6.14. The van der Waals surface area contributed by atoms with Crippen LogP contribution in [-0.2, 0) is 0 Å². The minimum absolute atomic E-state index is 0.0193. The van der Waals surface area contributed by atoms with Gasteiger partial charge in [0.15, 0.2) is 0 Å². The quantitative estimate of drug-likeness (QED) is 0.602. The Morgan fingerprint density at radius 3 is 2.60 bits per heavy atom. The molecule has 2 heterocycles. The van der Waals surface area contributed by atoms with E-state index < -0.39 is 0 Å². The smallest absolute Gasteiger partial charge is 0.257 e. The van der Waals surface area contributed by atoms with E-state index >= 15 is 0 Å². The molecule has 0 bridgehead atoms. The molecular formula is C24H28N4O2. The van der Waals surface area contributed by atoms with Crippen LogP contribution in [0.15, 0.2) is 60.8 Å². The van der Waals surface area contributed by atoms with E-state index in [1.165, 1.54) is 12.8 Å². The SMILES string of the molecule is COc1cccc(-c2nn(-c3ccccc3)cc2C(=O)N(C)CCN2CCCC2)c1. The lowest BCUT2D eigenvalue weighted by Crippen LogP contribution is -2.35. The summed E-state index contributed by atoms with van der Waals surface area (Å²) >= 11 is 0. The number of methoxy groups -OCH3 is 1. The Morgan fingerprint density at radius 2 is 1.87 bits per heavy atom. The Bertz CT molecular complexity index is 993. The maximum Gasteiger partial charge on any atom is 0.257 e. The Balaban J connectivity index is 1.65. The number of benzene rings is 2. The van der Waals surface area contributed by atoms with E-state index in [1.54, 1.807) is 16.7 Å². The fourth-order valence-corrected chi connectivity index (χ4v) is 3.83. The number of hydrogen-bond donors (Lipinski definition) is 0. The molecule has 0 spiro atoms. The van der Waals surface area contributed by atoms with Crippen molar-refractivity contribution >= 4 is 5.91 Å². The molecule has 0 radical (unpaired) electrons. The first-order valence-corrected chi connectivity index (χ1v) is 10.4. The summed E-state index contributed by atoms with van der Waals surface area (Å²) in [5, 5.41) is 4.77. The van der Waals surface area contributed by atoms with Gasteiger partial charge in [0.1, 0.15) is 11.4 Å². The van der Waals surface area contributed by atoms with Crippen molar-refractivity contribution in [2.24, 2.45) is 0 Å². The molecule has 6 nitrogen and oxygen atoms in total. The molecule has 0 unspecified atom stereocenters. The van der Waals surface area contributed by atoms with Gasteiger partial charge in [-0.15, -0.1) is 0 Å². The number of likely N-dealkylation sites (tertiary alicyclic amines) is 1. The third-order valence-electron chi connectivity index (χ3n) is 5.61. The average molecular weight is 405 g/mol. The molecule has 1 amide bonds. The first-order valence-electron chi connectivity index (χ1n) is 10.4. The summed E-state index contributed by atoms with van der Waals surface area (Å²) in [4.78, 5) is 17.6. The van der Waals surface area contributed by atoms with Crippen molar-refractivity contribution in [1.82, 2.24) is 19.6 Å². The highest BCUT2D eigenvalue weighted by molar-refractivity contribution is 5.99. The van der Waals surface area contributed by atoms with Gasteiger partial charge >= 0.3 is 0 Å². The number of rotatable bonds is 7. The zero-order valence-electron chi connectivity index (χ0n) is 17.6. The highest BCUT2D eigenvalue weighted by atomic mass is 16.5. The number of aromatic nitrogens is 2. The van der Waals surface area contributed by atoms with Crippen LogP contribution in [0.3, 0.4) is 0 Å². The molecule has 156 valence electrons. The summed E-state index contributed by atoms with van der Waals surface area (Å²) in [6, 6.07) is 17.5. The number of ether oxygens (including phenoxy) is 1. The zero-order chi connectivity index (χ0) is 20.9. The van der Waals surface area contributed by atoms with E-state index in [2.05, 4.69) is 4.90 Å². The van der Waals surface area contributed by atoms with Gasteiger partial charge in [0.05, 0.1) is 18.4 Å². The van der Waals surface area contributed by atoms with E-state index in [1.807, 2.05) is 67.8 Å². The van der Waals surface area contributed by atoms with E-state index in [0.29, 0.717) is 17.8 Å². The number of carbonyl (C=O) groups is 1. The molecule has 0 saturated carbocycles. The van der Waals surface area contributed by atoms with Gasteiger partial charge in [0.2, 0.25) is 0 Å². The molecule has 1 aliphatic heterocycles. The first kappa shape index (κ1) is 20.2. The summed E-state index contributed by atoms with van der Waals surface area (Å²) in [5.41, 5.74) is 3.03. The largest absolute Gasteiger partial charge is 0.497 e. The molecule has 1 saturated heterocycles. The van der Waals surface area contributed by atoms with Crippen LogP contribution in [0.4, 0.5) is 0 Å². The van der Waals surface area contributed by atoms with Crippen molar-refractivity contribution in [3.05, 3.63) is 66.4 Å². The van der Waals surface area contributed by atoms with Gasteiger partial charge in [0.25, 0.3) is 5.91 Å². The third kappa shape index (κ3) is 4.39. The number of nitrogens with zero attached hydrogens (tertiary/aromatic N) is 4. The fraction of sp³-hybridized carbons (Fsp3) is 0.333. The van der Waals surface area contributed by atoms with Crippen molar-refractivity contribution in [3.63, 3.8) is 0 Å². The lowest BCUT2D eigenvalue weighted by Gasteiger charge is -2.21. The van der Waals surface area contributed by atoms with Crippen LogP contribution in [0, 0.1) is 0 Å². The topological polar surface area (TPSA) is 50.6 Å². The molecule has 1 aromatic heterocycles. The molecule has 1 aliphatic rings. The molecule has 4 rings (SSSR count). The average Bonchev–Trinajstić information content (AvgIpc) is 3.48. The van der Waals surface area contributed by atoms with Crippen molar-refractivity contribution < 1.29 is 9.53 Å². The van der Waals surface area contributed by atoms with Crippen LogP contribution < -0.4 is 4.74 Å². The second-order valence-electron chi connectivity index (χ2n) is 7.68. The van der Waals surface area contributed by atoms with Crippen molar-refractivity contribution in [2.75, 3.05) is 40.3 Å². The summed E-state index contributed by atoms with van der Waals surface area (Å²) in [7, 11) is 3.51. The van der Waals surface area contributed by atoms with Crippen LogP contribution in [0.25, 0.3) is 16.9 Å². The minimum atomic E-state index is -0.0193. The summed E-state index contributed by atoms with van der Waals surface area (Å²) in [6.45, 7) is 3.86. The predicted molar refractivity (Wildman–Crippen MR) is 118 cm³/mol. The fourth-order valence-electron chi connectivity index (χ4n) is 3.83. The van der Waals surface area contributed by atoms with Crippen LogP contribution in [0.1, 0.15) is 23.2 Å². The molecule has 1 fully saturated rings. The predicted octanol–water partition coefficient (Wildman–Crippen LogP) is 3.72. The van der Waals surface area contributed by atoms with E-state index in [9.17, 15) is 4.79 Å². The second kappa shape index (κ2) is 9.13. The van der Waals surface area contributed by atoms with Gasteiger partial charge in [-0.25, -0.2) is 4.68 Å². The maximum absolute atomic E-state index is 13.4. The minimum Gasteiger partial charge on any atom is -0.497 e. The van der Waals surface area contributed by atoms with Gasteiger partial charge in [-0.3, -0.25) is 4.79 Å². The standard InChI is InChI=1S/C24H28N4O2/c1-26(15-16-27-13-6-7-14-27)24(29)22-18-28(20-10-4-3-5-11-20)25-23(22)19-9-8-12-21(17-19)30-2/h3-5,8-12,17-18H,6-7,13-16H2,1-2H3. The number of likely N-dealkylation sites (N-methyl/N-ethyl adjacent to an activating group) is 1. The monoisotopic (exact) mass is 404 g/mol. The van der Waals surface area contributed by atoms with Crippen LogP contribution >= 0.6 is 0 Å². The normalized spacial score (nSPS) is 14.1. The molecule has 0 aliphatic carbocycles. The number of hydrogen-bond acceptors (Lipinski definition) is 4. The van der Waals surface area contributed by atoms with E-state index in [0.717, 1.165) is 36.6 Å². The highest BCUT2D eigenvalue weighted by Gasteiger charge is 2.22. The number of para-hydroxylation sites is 1. The van der Waals surface area contributed by atoms with Crippen molar-refractivity contribution in [2.45, 2.75) is 12.8 Å². The van der Waals surface area contributed by atoms with Crippen LogP contribution in [-0.4, -0.2) is 65.8 Å².